The highest BCUT2D eigenvalue weighted by atomic mass is 15.0. The second-order valence-corrected chi connectivity index (χ2v) is 6.98. The van der Waals surface area contributed by atoms with Crippen molar-refractivity contribution in [3.05, 3.63) is 35.4 Å². The number of nitrogens with one attached hydrogen (secondary N) is 1. The Balaban J connectivity index is 1.60. The molecule has 0 saturated heterocycles. The predicted molar refractivity (Wildman–Crippen MR) is 76.8 cm³/mol. The zero-order chi connectivity index (χ0) is 12.6. The van der Waals surface area contributed by atoms with Crippen molar-refractivity contribution in [2.24, 2.45) is 5.41 Å². The Morgan fingerprint density at radius 3 is 2.56 bits per heavy atom. The first-order chi connectivity index (χ1) is 8.62. The van der Waals surface area contributed by atoms with Crippen LogP contribution in [0.5, 0.6) is 0 Å². The van der Waals surface area contributed by atoms with E-state index in [1.165, 1.54) is 38.5 Å². The fourth-order valence-corrected chi connectivity index (χ4v) is 3.75. The molecule has 0 aromatic heterocycles. The van der Waals surface area contributed by atoms with Crippen molar-refractivity contribution in [1.29, 1.82) is 0 Å². The van der Waals surface area contributed by atoms with E-state index in [0.717, 1.165) is 6.04 Å². The van der Waals surface area contributed by atoms with Crippen molar-refractivity contribution >= 4 is 0 Å². The lowest BCUT2D eigenvalue weighted by molar-refractivity contribution is 0.342. The van der Waals surface area contributed by atoms with E-state index in [2.05, 4.69) is 43.4 Å². The Bertz CT molecular complexity index is 421. The van der Waals surface area contributed by atoms with Gasteiger partial charge in [0, 0.05) is 12.1 Å². The number of benzene rings is 1. The van der Waals surface area contributed by atoms with E-state index in [1.54, 1.807) is 11.1 Å². The molecule has 18 heavy (non-hydrogen) atoms. The third kappa shape index (κ3) is 2.61. The highest BCUT2D eigenvalue weighted by Gasteiger charge is 2.32. The monoisotopic (exact) mass is 243 g/mol. The summed E-state index contributed by atoms with van der Waals surface area (Å²) in [6.07, 6.45) is 7.90. The van der Waals surface area contributed by atoms with E-state index in [4.69, 9.17) is 0 Å². The highest BCUT2D eigenvalue weighted by molar-refractivity contribution is 5.30. The summed E-state index contributed by atoms with van der Waals surface area (Å²) in [5, 5.41) is 3.91. The summed E-state index contributed by atoms with van der Waals surface area (Å²) in [5.41, 5.74) is 3.70. The molecular weight excluding hydrogens is 218 g/mol. The van der Waals surface area contributed by atoms with Crippen molar-refractivity contribution in [1.82, 2.24) is 5.32 Å². The van der Waals surface area contributed by atoms with Crippen molar-refractivity contribution in [2.75, 3.05) is 0 Å². The highest BCUT2D eigenvalue weighted by Crippen LogP contribution is 2.37. The van der Waals surface area contributed by atoms with E-state index in [1.807, 2.05) is 0 Å². The molecule has 0 amide bonds. The van der Waals surface area contributed by atoms with Gasteiger partial charge in [-0.05, 0) is 55.1 Å². The second-order valence-electron chi connectivity index (χ2n) is 6.98. The molecule has 0 aliphatic heterocycles. The molecule has 1 aromatic carbocycles. The molecule has 98 valence electrons. The summed E-state index contributed by atoms with van der Waals surface area (Å²) in [6.45, 7) is 4.82. The quantitative estimate of drug-likeness (QED) is 0.835. The first-order valence-corrected chi connectivity index (χ1v) is 7.45. The Labute approximate surface area is 111 Å². The molecule has 0 radical (unpaired) electrons. The third-order valence-electron chi connectivity index (χ3n) is 4.79. The van der Waals surface area contributed by atoms with Gasteiger partial charge in [0.1, 0.15) is 0 Å². The van der Waals surface area contributed by atoms with Crippen LogP contribution in [0.4, 0.5) is 0 Å². The van der Waals surface area contributed by atoms with Gasteiger partial charge in [-0.1, -0.05) is 38.1 Å². The normalized spacial score (nSPS) is 30.1. The topological polar surface area (TPSA) is 12.0 Å². The second kappa shape index (κ2) is 4.70. The minimum absolute atomic E-state index is 0.560. The van der Waals surface area contributed by atoms with Crippen LogP contribution in [0.15, 0.2) is 24.3 Å². The zero-order valence-corrected chi connectivity index (χ0v) is 11.7. The summed E-state index contributed by atoms with van der Waals surface area (Å²) in [4.78, 5) is 0. The van der Waals surface area contributed by atoms with Gasteiger partial charge >= 0.3 is 0 Å². The first-order valence-electron chi connectivity index (χ1n) is 7.45. The molecule has 1 aromatic rings. The lowest BCUT2D eigenvalue weighted by atomic mass is 9.87. The van der Waals surface area contributed by atoms with Crippen molar-refractivity contribution in [3.63, 3.8) is 0 Å². The number of aryl methyl sites for hydroxylation is 1. The summed E-state index contributed by atoms with van der Waals surface area (Å²) in [7, 11) is 0. The van der Waals surface area contributed by atoms with Crippen LogP contribution in [0.1, 0.15) is 50.7 Å². The van der Waals surface area contributed by atoms with Crippen LogP contribution in [0.25, 0.3) is 0 Å². The average molecular weight is 243 g/mol. The molecule has 1 heteroatoms. The maximum atomic E-state index is 3.91. The number of fused-ring (bicyclic) bond motifs is 1. The minimum Gasteiger partial charge on any atom is -0.311 e. The largest absolute Gasteiger partial charge is 0.311 e. The maximum absolute atomic E-state index is 3.91. The van der Waals surface area contributed by atoms with E-state index < -0.39 is 0 Å². The summed E-state index contributed by atoms with van der Waals surface area (Å²) in [5.74, 6) is 0. The van der Waals surface area contributed by atoms with Crippen LogP contribution in [-0.4, -0.2) is 12.1 Å². The molecule has 1 fully saturated rings. The summed E-state index contributed by atoms with van der Waals surface area (Å²) in [6, 6.07) is 10.4. The van der Waals surface area contributed by atoms with E-state index in [9.17, 15) is 0 Å². The van der Waals surface area contributed by atoms with Gasteiger partial charge in [-0.25, -0.2) is 0 Å². The first kappa shape index (κ1) is 12.2. The van der Waals surface area contributed by atoms with Gasteiger partial charge in [0.05, 0.1) is 0 Å². The molecule has 2 aliphatic carbocycles. The van der Waals surface area contributed by atoms with Crippen LogP contribution in [-0.2, 0) is 12.8 Å². The summed E-state index contributed by atoms with van der Waals surface area (Å²) >= 11 is 0. The number of hydrogen-bond donors (Lipinski definition) is 1. The van der Waals surface area contributed by atoms with Gasteiger partial charge in [-0.2, -0.15) is 0 Å². The zero-order valence-electron chi connectivity index (χ0n) is 11.7. The van der Waals surface area contributed by atoms with Crippen molar-refractivity contribution in [2.45, 2.75) is 64.5 Å². The molecule has 0 bridgehead atoms. The predicted octanol–water partition coefficient (Wildman–Crippen LogP) is 3.71. The lowest BCUT2D eigenvalue weighted by Crippen LogP contribution is -2.40. The minimum atomic E-state index is 0.560. The smallest absolute Gasteiger partial charge is 0.0113 e. The Kier molecular flexibility index (Phi) is 3.19. The van der Waals surface area contributed by atoms with Gasteiger partial charge in [0.2, 0.25) is 0 Å². The molecule has 0 heterocycles. The Hall–Kier alpha value is -0.820. The van der Waals surface area contributed by atoms with Gasteiger partial charge in [0.25, 0.3) is 0 Å². The molecule has 1 saturated carbocycles. The van der Waals surface area contributed by atoms with Crippen molar-refractivity contribution in [3.8, 4) is 0 Å². The molecule has 2 atom stereocenters. The Morgan fingerprint density at radius 1 is 1.06 bits per heavy atom. The van der Waals surface area contributed by atoms with Crippen LogP contribution >= 0.6 is 0 Å². The van der Waals surface area contributed by atoms with Gasteiger partial charge < -0.3 is 5.32 Å². The van der Waals surface area contributed by atoms with Crippen LogP contribution in [0, 0.1) is 5.41 Å². The fraction of sp³-hybridized carbons (Fsp3) is 0.647. The fourth-order valence-electron chi connectivity index (χ4n) is 3.75. The average Bonchev–Trinajstić information content (AvgIpc) is 2.68. The van der Waals surface area contributed by atoms with E-state index in [0.29, 0.717) is 11.5 Å². The van der Waals surface area contributed by atoms with Crippen molar-refractivity contribution < 1.29 is 0 Å². The van der Waals surface area contributed by atoms with Gasteiger partial charge in [-0.3, -0.25) is 0 Å². The molecule has 2 unspecified atom stereocenters. The van der Waals surface area contributed by atoms with Gasteiger partial charge in [-0.15, -0.1) is 0 Å². The van der Waals surface area contributed by atoms with Gasteiger partial charge in [0.15, 0.2) is 0 Å². The molecule has 3 rings (SSSR count). The summed E-state index contributed by atoms with van der Waals surface area (Å²) < 4.78 is 0. The van der Waals surface area contributed by atoms with E-state index in [-0.39, 0.29) is 0 Å². The molecule has 1 nitrogen and oxygen atoms in total. The third-order valence-corrected chi connectivity index (χ3v) is 4.79. The van der Waals surface area contributed by atoms with Crippen LogP contribution in [0.3, 0.4) is 0 Å². The maximum Gasteiger partial charge on any atom is 0.0113 e. The molecular formula is C17H25N. The molecule has 1 N–H and O–H groups in total. The van der Waals surface area contributed by atoms with E-state index >= 15 is 0 Å². The van der Waals surface area contributed by atoms with Crippen LogP contribution in [0.2, 0.25) is 0 Å². The molecule has 0 spiro atoms. The standard InChI is InChI=1S/C17H25N/c1-17(2)10-9-16(12-17)18-15-8-7-13-5-3-4-6-14(13)11-15/h3-6,15-16,18H,7-12H2,1-2H3. The lowest BCUT2D eigenvalue weighted by Gasteiger charge is -2.29. The number of rotatable bonds is 2. The SMILES string of the molecule is CC1(C)CCC(NC2CCc3ccccc3C2)C1. The van der Waals surface area contributed by atoms with Crippen LogP contribution < -0.4 is 5.32 Å². The number of hydrogen-bond acceptors (Lipinski definition) is 1. The molecule has 2 aliphatic rings. The Morgan fingerprint density at radius 2 is 1.83 bits per heavy atom.